The van der Waals surface area contributed by atoms with Gasteiger partial charge in [-0.05, 0) is 51.7 Å². The summed E-state index contributed by atoms with van der Waals surface area (Å²) in [5.41, 5.74) is 3.35. The van der Waals surface area contributed by atoms with Crippen molar-refractivity contribution in [1.82, 2.24) is 15.3 Å². The molecule has 5 nitrogen and oxygen atoms in total. The maximum atomic E-state index is 5.24. The molecule has 0 aliphatic carbocycles. The van der Waals surface area contributed by atoms with Crippen LogP contribution >= 0.6 is 0 Å². The first-order chi connectivity index (χ1) is 12.1. The van der Waals surface area contributed by atoms with E-state index in [-0.39, 0.29) is 0 Å². The van der Waals surface area contributed by atoms with Crippen LogP contribution in [0, 0.1) is 13.8 Å². The van der Waals surface area contributed by atoms with Gasteiger partial charge in [0.15, 0.2) is 0 Å². The summed E-state index contributed by atoms with van der Waals surface area (Å²) in [6, 6.07) is 7.34. The second-order valence-electron chi connectivity index (χ2n) is 7.27. The number of hydrogen-bond donors (Lipinski definition) is 1. The molecule has 1 aromatic heterocycles. The lowest BCUT2D eigenvalue weighted by molar-refractivity contribution is 0.165. The first-order valence-electron chi connectivity index (χ1n) is 9.31. The van der Waals surface area contributed by atoms with Crippen LogP contribution < -0.4 is 10.2 Å². The van der Waals surface area contributed by atoms with Crippen LogP contribution in [0.25, 0.3) is 10.9 Å². The normalized spacial score (nSPS) is 19.8. The van der Waals surface area contributed by atoms with Crippen LogP contribution in [0.2, 0.25) is 0 Å². The Hall–Kier alpha value is -1.72. The number of hydrogen-bond acceptors (Lipinski definition) is 5. The summed E-state index contributed by atoms with van der Waals surface area (Å²) in [7, 11) is 1.76. The minimum Gasteiger partial charge on any atom is -0.383 e. The van der Waals surface area contributed by atoms with E-state index in [1.165, 1.54) is 12.0 Å². The van der Waals surface area contributed by atoms with Crippen LogP contribution in [0.3, 0.4) is 0 Å². The number of benzene rings is 1. The topological polar surface area (TPSA) is 50.3 Å². The lowest BCUT2D eigenvalue weighted by atomic mass is 10.1. The molecule has 136 valence electrons. The standard InChI is InChI=1S/C20H30N4O/c1-14-7-8-18-16(3)22-20(23-19(18)12-14)24-10-5-6-17(9-11-24)21-15(2)13-25-4/h7-8,12,15,17,21H,5-6,9-11,13H2,1-4H3. The summed E-state index contributed by atoms with van der Waals surface area (Å²) in [4.78, 5) is 12.0. The Morgan fingerprint density at radius 2 is 2.08 bits per heavy atom. The van der Waals surface area contributed by atoms with Gasteiger partial charge in [-0.15, -0.1) is 0 Å². The molecule has 1 aliphatic rings. The fourth-order valence-electron chi connectivity index (χ4n) is 3.69. The molecular formula is C20H30N4O. The highest BCUT2D eigenvalue weighted by Crippen LogP contribution is 2.22. The Bertz CT molecular complexity index is 718. The van der Waals surface area contributed by atoms with Crippen molar-refractivity contribution in [3.63, 3.8) is 0 Å². The number of nitrogens with one attached hydrogen (secondary N) is 1. The molecule has 3 rings (SSSR count). The molecule has 1 aromatic carbocycles. The van der Waals surface area contributed by atoms with Gasteiger partial charge in [0.2, 0.25) is 5.95 Å². The maximum Gasteiger partial charge on any atom is 0.226 e. The predicted molar refractivity (Wildman–Crippen MR) is 103 cm³/mol. The molecule has 0 amide bonds. The fourth-order valence-corrected chi connectivity index (χ4v) is 3.69. The quantitative estimate of drug-likeness (QED) is 0.904. The number of methoxy groups -OCH3 is 1. The first-order valence-corrected chi connectivity index (χ1v) is 9.31. The number of anilines is 1. The summed E-state index contributed by atoms with van der Waals surface area (Å²) < 4.78 is 5.24. The molecule has 2 aromatic rings. The molecule has 1 fully saturated rings. The average molecular weight is 342 g/mol. The van der Waals surface area contributed by atoms with Crippen molar-refractivity contribution in [3.8, 4) is 0 Å². The molecule has 5 heteroatoms. The van der Waals surface area contributed by atoms with Crippen LogP contribution in [0.1, 0.15) is 37.4 Å². The highest BCUT2D eigenvalue weighted by molar-refractivity contribution is 5.82. The van der Waals surface area contributed by atoms with E-state index in [1.807, 2.05) is 0 Å². The van der Waals surface area contributed by atoms with E-state index in [2.05, 4.69) is 49.2 Å². The van der Waals surface area contributed by atoms with E-state index < -0.39 is 0 Å². The van der Waals surface area contributed by atoms with Gasteiger partial charge in [0, 0.05) is 37.7 Å². The first kappa shape index (κ1) is 18.1. The maximum absolute atomic E-state index is 5.24. The van der Waals surface area contributed by atoms with Gasteiger partial charge in [0.25, 0.3) is 0 Å². The van der Waals surface area contributed by atoms with Crippen molar-refractivity contribution in [2.24, 2.45) is 0 Å². The van der Waals surface area contributed by atoms with Gasteiger partial charge in [-0.1, -0.05) is 12.1 Å². The van der Waals surface area contributed by atoms with Crippen LogP contribution in [0.15, 0.2) is 18.2 Å². The minimum atomic E-state index is 0.392. The zero-order chi connectivity index (χ0) is 17.8. The summed E-state index contributed by atoms with van der Waals surface area (Å²) in [5, 5.41) is 4.84. The Morgan fingerprint density at radius 1 is 1.24 bits per heavy atom. The van der Waals surface area contributed by atoms with E-state index in [0.717, 1.165) is 55.1 Å². The van der Waals surface area contributed by atoms with Gasteiger partial charge in [0.05, 0.1) is 17.8 Å². The van der Waals surface area contributed by atoms with Crippen LogP contribution in [-0.4, -0.2) is 48.9 Å². The van der Waals surface area contributed by atoms with Crippen LogP contribution in [-0.2, 0) is 4.74 Å². The SMILES string of the molecule is COCC(C)NC1CCCN(c2nc(C)c3ccc(C)cc3n2)CC1. The number of rotatable bonds is 5. The van der Waals surface area contributed by atoms with Crippen LogP contribution in [0.4, 0.5) is 5.95 Å². The lowest BCUT2D eigenvalue weighted by Gasteiger charge is -2.23. The van der Waals surface area contributed by atoms with Crippen LogP contribution in [0.5, 0.6) is 0 Å². The molecular weight excluding hydrogens is 312 g/mol. The predicted octanol–water partition coefficient (Wildman–Crippen LogP) is 3.23. The van der Waals surface area contributed by atoms with Gasteiger partial charge >= 0.3 is 0 Å². The summed E-state index contributed by atoms with van der Waals surface area (Å²) in [5.74, 6) is 0.876. The zero-order valence-corrected chi connectivity index (χ0v) is 15.9. The highest BCUT2D eigenvalue weighted by atomic mass is 16.5. The Balaban J connectivity index is 1.73. The number of nitrogens with zero attached hydrogens (tertiary/aromatic N) is 3. The molecule has 0 saturated carbocycles. The van der Waals surface area contributed by atoms with Gasteiger partial charge in [-0.25, -0.2) is 9.97 Å². The molecule has 0 bridgehead atoms. The molecule has 1 N–H and O–H groups in total. The number of fused-ring (bicyclic) bond motifs is 1. The molecule has 2 heterocycles. The second kappa shape index (κ2) is 8.11. The average Bonchev–Trinajstić information content (AvgIpc) is 2.80. The highest BCUT2D eigenvalue weighted by Gasteiger charge is 2.20. The summed E-state index contributed by atoms with van der Waals surface area (Å²) in [6.07, 6.45) is 3.46. The van der Waals surface area contributed by atoms with E-state index >= 15 is 0 Å². The Labute approximate surface area is 150 Å². The fraction of sp³-hybridized carbons (Fsp3) is 0.600. The molecule has 1 aliphatic heterocycles. The molecule has 0 radical (unpaired) electrons. The molecule has 25 heavy (non-hydrogen) atoms. The molecule has 0 spiro atoms. The summed E-state index contributed by atoms with van der Waals surface area (Å²) >= 11 is 0. The Morgan fingerprint density at radius 3 is 2.88 bits per heavy atom. The monoisotopic (exact) mass is 342 g/mol. The van der Waals surface area contributed by atoms with Crippen molar-refractivity contribution < 1.29 is 4.74 Å². The number of aromatic nitrogens is 2. The van der Waals surface area contributed by atoms with Crippen molar-refractivity contribution in [1.29, 1.82) is 0 Å². The smallest absolute Gasteiger partial charge is 0.226 e. The Kier molecular flexibility index (Phi) is 5.86. The third-order valence-corrected chi connectivity index (χ3v) is 4.98. The van der Waals surface area contributed by atoms with Crippen molar-refractivity contribution in [2.45, 2.75) is 52.1 Å². The molecule has 1 saturated heterocycles. The third-order valence-electron chi connectivity index (χ3n) is 4.98. The number of aryl methyl sites for hydroxylation is 2. The van der Waals surface area contributed by atoms with E-state index in [0.29, 0.717) is 12.1 Å². The van der Waals surface area contributed by atoms with Gasteiger partial charge in [-0.3, -0.25) is 0 Å². The number of ether oxygens (including phenoxy) is 1. The van der Waals surface area contributed by atoms with E-state index in [9.17, 15) is 0 Å². The molecule has 2 unspecified atom stereocenters. The zero-order valence-electron chi connectivity index (χ0n) is 15.9. The third kappa shape index (κ3) is 4.47. The van der Waals surface area contributed by atoms with Gasteiger partial charge < -0.3 is 15.0 Å². The lowest BCUT2D eigenvalue weighted by Crippen LogP contribution is -2.39. The van der Waals surface area contributed by atoms with E-state index in [1.54, 1.807) is 7.11 Å². The largest absolute Gasteiger partial charge is 0.383 e. The van der Waals surface area contributed by atoms with E-state index in [4.69, 9.17) is 14.7 Å². The minimum absolute atomic E-state index is 0.392. The van der Waals surface area contributed by atoms with Crippen molar-refractivity contribution in [2.75, 3.05) is 31.7 Å². The molecule has 2 atom stereocenters. The second-order valence-corrected chi connectivity index (χ2v) is 7.27. The van der Waals surface area contributed by atoms with Gasteiger partial charge in [0.1, 0.15) is 0 Å². The summed E-state index contributed by atoms with van der Waals surface area (Å²) in [6.45, 7) is 9.15. The van der Waals surface area contributed by atoms with Gasteiger partial charge in [-0.2, -0.15) is 0 Å². The van der Waals surface area contributed by atoms with Crippen molar-refractivity contribution >= 4 is 16.9 Å². The van der Waals surface area contributed by atoms with Crippen molar-refractivity contribution in [3.05, 3.63) is 29.5 Å².